The van der Waals surface area contributed by atoms with Crippen molar-refractivity contribution in [2.24, 2.45) is 5.92 Å². The molecule has 1 rings (SSSR count). The van der Waals surface area contributed by atoms with E-state index < -0.39 is 0 Å². The fourth-order valence-corrected chi connectivity index (χ4v) is 2.03. The third kappa shape index (κ3) is 4.86. The lowest BCUT2D eigenvalue weighted by Crippen LogP contribution is -2.38. The molecule has 0 radical (unpaired) electrons. The summed E-state index contributed by atoms with van der Waals surface area (Å²) >= 11 is 1.72. The Bertz CT molecular complexity index is 170. The van der Waals surface area contributed by atoms with Crippen LogP contribution in [0.2, 0.25) is 0 Å². The SMILES string of the molecule is CSCCC(=O)NCC1CCCNC1. The summed E-state index contributed by atoms with van der Waals surface area (Å²) < 4.78 is 0. The van der Waals surface area contributed by atoms with Crippen molar-refractivity contribution >= 4 is 17.7 Å². The topological polar surface area (TPSA) is 41.1 Å². The molecule has 2 N–H and O–H groups in total. The summed E-state index contributed by atoms with van der Waals surface area (Å²) in [4.78, 5) is 11.3. The lowest BCUT2D eigenvalue weighted by atomic mass is 10.00. The molecular weight excluding hydrogens is 196 g/mol. The van der Waals surface area contributed by atoms with Crippen LogP contribution in [-0.2, 0) is 4.79 Å². The standard InChI is InChI=1S/C10H20N2OS/c1-14-6-4-10(13)12-8-9-3-2-5-11-7-9/h9,11H,2-8H2,1H3,(H,12,13). The van der Waals surface area contributed by atoms with Gasteiger partial charge < -0.3 is 10.6 Å². The fraction of sp³-hybridized carbons (Fsp3) is 0.900. The first-order valence-corrected chi connectivity index (χ1v) is 6.68. The summed E-state index contributed by atoms with van der Waals surface area (Å²) in [5.41, 5.74) is 0. The molecule has 1 unspecified atom stereocenters. The molecule has 1 fully saturated rings. The number of nitrogens with one attached hydrogen (secondary N) is 2. The highest BCUT2D eigenvalue weighted by molar-refractivity contribution is 7.98. The van der Waals surface area contributed by atoms with Gasteiger partial charge in [0.15, 0.2) is 0 Å². The Hall–Kier alpha value is -0.220. The first-order valence-electron chi connectivity index (χ1n) is 5.29. The van der Waals surface area contributed by atoms with E-state index >= 15 is 0 Å². The van der Waals surface area contributed by atoms with Gasteiger partial charge in [0.25, 0.3) is 0 Å². The predicted molar refractivity (Wildman–Crippen MR) is 61.6 cm³/mol. The first-order chi connectivity index (χ1) is 6.83. The van der Waals surface area contributed by atoms with Crippen LogP contribution in [0.3, 0.4) is 0 Å². The van der Waals surface area contributed by atoms with E-state index in [1.165, 1.54) is 12.8 Å². The van der Waals surface area contributed by atoms with E-state index in [1.807, 2.05) is 6.26 Å². The third-order valence-electron chi connectivity index (χ3n) is 2.52. The molecule has 1 atom stereocenters. The zero-order valence-electron chi connectivity index (χ0n) is 8.84. The van der Waals surface area contributed by atoms with Gasteiger partial charge >= 0.3 is 0 Å². The second-order valence-electron chi connectivity index (χ2n) is 3.76. The van der Waals surface area contributed by atoms with E-state index in [4.69, 9.17) is 0 Å². The molecule has 0 saturated carbocycles. The van der Waals surface area contributed by atoms with Crippen LogP contribution in [0, 0.1) is 5.92 Å². The average Bonchev–Trinajstić information content (AvgIpc) is 2.25. The zero-order chi connectivity index (χ0) is 10.2. The van der Waals surface area contributed by atoms with Crippen molar-refractivity contribution < 1.29 is 4.79 Å². The minimum Gasteiger partial charge on any atom is -0.356 e. The van der Waals surface area contributed by atoms with E-state index in [9.17, 15) is 4.79 Å². The largest absolute Gasteiger partial charge is 0.356 e. The van der Waals surface area contributed by atoms with Gasteiger partial charge in [-0.05, 0) is 38.1 Å². The number of carbonyl (C=O) groups excluding carboxylic acids is 1. The van der Waals surface area contributed by atoms with Gasteiger partial charge in [0.05, 0.1) is 0 Å². The molecule has 1 aliphatic heterocycles. The summed E-state index contributed by atoms with van der Waals surface area (Å²) in [6.07, 6.45) is 5.17. The van der Waals surface area contributed by atoms with Gasteiger partial charge in [-0.25, -0.2) is 0 Å². The van der Waals surface area contributed by atoms with Gasteiger partial charge in [0.1, 0.15) is 0 Å². The predicted octanol–water partition coefficient (Wildman–Crippen LogP) is 0.855. The maximum atomic E-state index is 11.3. The van der Waals surface area contributed by atoms with Crippen molar-refractivity contribution in [3.63, 3.8) is 0 Å². The maximum absolute atomic E-state index is 11.3. The van der Waals surface area contributed by atoms with Gasteiger partial charge in [-0.1, -0.05) is 0 Å². The highest BCUT2D eigenvalue weighted by Crippen LogP contribution is 2.08. The van der Waals surface area contributed by atoms with Crippen molar-refractivity contribution in [1.29, 1.82) is 0 Å². The second kappa shape index (κ2) is 7.12. The van der Waals surface area contributed by atoms with Gasteiger partial charge in [-0.3, -0.25) is 4.79 Å². The Morgan fingerprint density at radius 1 is 1.64 bits per heavy atom. The van der Waals surface area contributed by atoms with E-state index in [0.717, 1.165) is 25.4 Å². The molecular formula is C10H20N2OS. The summed E-state index contributed by atoms with van der Waals surface area (Å²) in [7, 11) is 0. The minimum atomic E-state index is 0.199. The zero-order valence-corrected chi connectivity index (χ0v) is 9.66. The minimum absolute atomic E-state index is 0.199. The van der Waals surface area contributed by atoms with E-state index in [0.29, 0.717) is 12.3 Å². The van der Waals surface area contributed by atoms with Crippen LogP contribution in [0.25, 0.3) is 0 Å². The van der Waals surface area contributed by atoms with Crippen LogP contribution in [-0.4, -0.2) is 37.6 Å². The Morgan fingerprint density at radius 3 is 3.14 bits per heavy atom. The number of carbonyl (C=O) groups is 1. The highest BCUT2D eigenvalue weighted by atomic mass is 32.2. The number of rotatable bonds is 5. The Morgan fingerprint density at radius 2 is 2.50 bits per heavy atom. The molecule has 1 amide bonds. The summed E-state index contributed by atoms with van der Waals surface area (Å²) in [6, 6.07) is 0. The summed E-state index contributed by atoms with van der Waals surface area (Å²) in [5.74, 6) is 1.77. The number of thioether (sulfide) groups is 1. The van der Waals surface area contributed by atoms with Gasteiger partial charge in [0, 0.05) is 18.7 Å². The van der Waals surface area contributed by atoms with E-state index in [-0.39, 0.29) is 5.91 Å². The molecule has 4 heteroatoms. The molecule has 0 aromatic rings. The van der Waals surface area contributed by atoms with Crippen LogP contribution >= 0.6 is 11.8 Å². The lowest BCUT2D eigenvalue weighted by Gasteiger charge is -2.22. The monoisotopic (exact) mass is 216 g/mol. The smallest absolute Gasteiger partial charge is 0.220 e. The first kappa shape index (κ1) is 11.9. The van der Waals surface area contributed by atoms with Crippen LogP contribution < -0.4 is 10.6 Å². The second-order valence-corrected chi connectivity index (χ2v) is 4.74. The van der Waals surface area contributed by atoms with Crippen LogP contribution in [0.1, 0.15) is 19.3 Å². The molecule has 0 aliphatic carbocycles. The van der Waals surface area contributed by atoms with Crippen LogP contribution in [0.15, 0.2) is 0 Å². The summed E-state index contributed by atoms with van der Waals surface area (Å²) in [6.45, 7) is 3.04. The Kier molecular flexibility index (Phi) is 6.03. The van der Waals surface area contributed by atoms with Crippen molar-refractivity contribution in [3.05, 3.63) is 0 Å². The fourth-order valence-electron chi connectivity index (χ4n) is 1.64. The molecule has 0 bridgehead atoms. The molecule has 82 valence electrons. The number of hydrogen-bond acceptors (Lipinski definition) is 3. The van der Waals surface area contributed by atoms with Crippen molar-refractivity contribution in [2.75, 3.05) is 31.6 Å². The van der Waals surface area contributed by atoms with E-state index in [2.05, 4.69) is 10.6 Å². The molecule has 3 nitrogen and oxygen atoms in total. The van der Waals surface area contributed by atoms with Gasteiger partial charge in [0.2, 0.25) is 5.91 Å². The van der Waals surface area contributed by atoms with Crippen molar-refractivity contribution in [1.82, 2.24) is 10.6 Å². The highest BCUT2D eigenvalue weighted by Gasteiger charge is 2.13. The molecule has 1 saturated heterocycles. The van der Waals surface area contributed by atoms with Crippen LogP contribution in [0.4, 0.5) is 0 Å². The van der Waals surface area contributed by atoms with Crippen LogP contribution in [0.5, 0.6) is 0 Å². The molecule has 0 aromatic heterocycles. The molecule has 0 spiro atoms. The van der Waals surface area contributed by atoms with Crippen molar-refractivity contribution in [3.8, 4) is 0 Å². The molecule has 14 heavy (non-hydrogen) atoms. The summed E-state index contributed by atoms with van der Waals surface area (Å²) in [5, 5.41) is 6.34. The lowest BCUT2D eigenvalue weighted by molar-refractivity contribution is -0.120. The molecule has 0 aromatic carbocycles. The Balaban J connectivity index is 2.03. The third-order valence-corrected chi connectivity index (χ3v) is 3.13. The van der Waals surface area contributed by atoms with E-state index in [1.54, 1.807) is 11.8 Å². The van der Waals surface area contributed by atoms with Gasteiger partial charge in [-0.15, -0.1) is 0 Å². The number of hydrogen-bond donors (Lipinski definition) is 2. The Labute approximate surface area is 90.4 Å². The molecule has 1 aliphatic rings. The van der Waals surface area contributed by atoms with Crippen molar-refractivity contribution in [2.45, 2.75) is 19.3 Å². The van der Waals surface area contributed by atoms with Gasteiger partial charge in [-0.2, -0.15) is 11.8 Å². The quantitative estimate of drug-likeness (QED) is 0.716. The maximum Gasteiger partial charge on any atom is 0.220 e. The number of amides is 1. The molecule has 1 heterocycles. The average molecular weight is 216 g/mol. The normalized spacial score (nSPS) is 21.9. The number of piperidine rings is 1.